The predicted octanol–water partition coefficient (Wildman–Crippen LogP) is 2.34. The normalized spacial score (nSPS) is 26.2. The van der Waals surface area contributed by atoms with Crippen LogP contribution in [-0.2, 0) is 9.47 Å². The summed E-state index contributed by atoms with van der Waals surface area (Å²) in [5, 5.41) is 0. The molecule has 0 spiro atoms. The molecule has 3 nitrogen and oxygen atoms in total. The van der Waals surface area contributed by atoms with Crippen LogP contribution in [0.25, 0.3) is 0 Å². The van der Waals surface area contributed by atoms with Gasteiger partial charge in [0.1, 0.15) is 0 Å². The smallest absolute Gasteiger partial charge is 0.0707 e. The Morgan fingerprint density at radius 2 is 1.88 bits per heavy atom. The molecular formula is C13H27NO2. The zero-order chi connectivity index (χ0) is 12.0. The minimum Gasteiger partial charge on any atom is -0.379 e. The van der Waals surface area contributed by atoms with Crippen LogP contribution in [0.1, 0.15) is 46.5 Å². The van der Waals surface area contributed by atoms with Crippen LogP contribution < -0.4 is 5.73 Å². The van der Waals surface area contributed by atoms with Gasteiger partial charge in [-0.15, -0.1) is 0 Å². The lowest BCUT2D eigenvalue weighted by atomic mass is 10.0. The van der Waals surface area contributed by atoms with Crippen LogP contribution in [-0.4, -0.2) is 31.5 Å². The van der Waals surface area contributed by atoms with Gasteiger partial charge in [-0.1, -0.05) is 6.42 Å². The van der Waals surface area contributed by atoms with Gasteiger partial charge in [-0.2, -0.15) is 0 Å². The van der Waals surface area contributed by atoms with Crippen LogP contribution in [0.2, 0.25) is 0 Å². The van der Waals surface area contributed by atoms with Gasteiger partial charge < -0.3 is 15.2 Å². The first kappa shape index (κ1) is 13.9. The fraction of sp³-hybridized carbons (Fsp3) is 1.00. The second-order valence-corrected chi connectivity index (χ2v) is 5.72. The van der Waals surface area contributed by atoms with Crippen molar-refractivity contribution in [2.45, 2.75) is 58.1 Å². The molecule has 0 heterocycles. The van der Waals surface area contributed by atoms with Gasteiger partial charge in [-0.05, 0) is 46.0 Å². The van der Waals surface area contributed by atoms with Crippen molar-refractivity contribution in [3.8, 4) is 0 Å². The van der Waals surface area contributed by atoms with E-state index in [1.165, 1.54) is 19.3 Å². The van der Waals surface area contributed by atoms with Gasteiger partial charge in [-0.3, -0.25) is 0 Å². The Balaban J connectivity index is 1.92. The Labute approximate surface area is 99.7 Å². The van der Waals surface area contributed by atoms with E-state index in [-0.39, 0.29) is 5.60 Å². The lowest BCUT2D eigenvalue weighted by molar-refractivity contribution is -0.0362. The number of hydrogen-bond donors (Lipinski definition) is 1. The topological polar surface area (TPSA) is 44.5 Å². The second kappa shape index (κ2) is 6.58. The number of nitrogens with two attached hydrogens (primary N) is 1. The molecule has 3 heteroatoms. The Bertz CT molecular complexity index is 189. The Morgan fingerprint density at radius 1 is 1.12 bits per heavy atom. The average molecular weight is 229 g/mol. The van der Waals surface area contributed by atoms with E-state index in [0.29, 0.717) is 25.2 Å². The van der Waals surface area contributed by atoms with Crippen molar-refractivity contribution in [3.63, 3.8) is 0 Å². The summed E-state index contributed by atoms with van der Waals surface area (Å²) in [4.78, 5) is 0. The summed E-state index contributed by atoms with van der Waals surface area (Å²) in [6.07, 6.45) is 4.87. The molecule has 0 aliphatic heterocycles. The van der Waals surface area contributed by atoms with Crippen LogP contribution in [0.3, 0.4) is 0 Å². The van der Waals surface area contributed by atoms with E-state index in [4.69, 9.17) is 15.2 Å². The van der Waals surface area contributed by atoms with E-state index in [0.717, 1.165) is 13.0 Å². The largest absolute Gasteiger partial charge is 0.379 e. The van der Waals surface area contributed by atoms with Gasteiger partial charge in [0, 0.05) is 12.6 Å². The highest BCUT2D eigenvalue weighted by Crippen LogP contribution is 2.26. The van der Waals surface area contributed by atoms with E-state index < -0.39 is 0 Å². The Hall–Kier alpha value is -0.120. The summed E-state index contributed by atoms with van der Waals surface area (Å²) in [6, 6.07) is 0.412. The zero-order valence-electron chi connectivity index (χ0n) is 11.0. The first-order chi connectivity index (χ1) is 7.49. The third-order valence-corrected chi connectivity index (χ3v) is 3.11. The maximum atomic E-state index is 6.00. The third-order valence-electron chi connectivity index (χ3n) is 3.11. The van der Waals surface area contributed by atoms with Crippen molar-refractivity contribution in [1.29, 1.82) is 0 Å². The molecule has 1 saturated carbocycles. The molecule has 0 radical (unpaired) electrons. The highest BCUT2D eigenvalue weighted by molar-refractivity contribution is 4.79. The molecule has 1 rings (SSSR count). The number of hydrogen-bond acceptors (Lipinski definition) is 3. The van der Waals surface area contributed by atoms with Crippen LogP contribution in [0.4, 0.5) is 0 Å². The fourth-order valence-corrected chi connectivity index (χ4v) is 2.17. The maximum absolute atomic E-state index is 6.00. The monoisotopic (exact) mass is 229 g/mol. The van der Waals surface area contributed by atoms with Gasteiger partial charge in [0.15, 0.2) is 0 Å². The van der Waals surface area contributed by atoms with Crippen LogP contribution >= 0.6 is 0 Å². The molecule has 2 N–H and O–H groups in total. The average Bonchev–Trinajstić information content (AvgIpc) is 2.56. The molecule has 16 heavy (non-hydrogen) atoms. The van der Waals surface area contributed by atoms with Gasteiger partial charge in [0.05, 0.1) is 18.8 Å². The fourth-order valence-electron chi connectivity index (χ4n) is 2.17. The van der Waals surface area contributed by atoms with Crippen molar-refractivity contribution in [2.75, 3.05) is 19.8 Å². The van der Waals surface area contributed by atoms with E-state index in [1.807, 2.05) is 0 Å². The van der Waals surface area contributed by atoms with Crippen molar-refractivity contribution < 1.29 is 9.47 Å². The summed E-state index contributed by atoms with van der Waals surface area (Å²) in [6.45, 7) is 8.38. The van der Waals surface area contributed by atoms with Gasteiger partial charge in [0.25, 0.3) is 0 Å². The van der Waals surface area contributed by atoms with Crippen molar-refractivity contribution >= 4 is 0 Å². The zero-order valence-corrected chi connectivity index (χ0v) is 11.0. The molecule has 1 aliphatic carbocycles. The molecular weight excluding hydrogens is 202 g/mol. The number of ether oxygens (including phenoxy) is 2. The van der Waals surface area contributed by atoms with E-state index in [9.17, 15) is 0 Å². The lowest BCUT2D eigenvalue weighted by Gasteiger charge is -2.19. The molecule has 1 aliphatic rings. The van der Waals surface area contributed by atoms with Gasteiger partial charge in [0.2, 0.25) is 0 Å². The minimum atomic E-state index is -0.0584. The molecule has 2 atom stereocenters. The number of rotatable bonds is 6. The first-order valence-electron chi connectivity index (χ1n) is 6.46. The summed E-state index contributed by atoms with van der Waals surface area (Å²) in [5.41, 5.74) is 5.94. The van der Waals surface area contributed by atoms with Crippen LogP contribution in [0.5, 0.6) is 0 Å². The quantitative estimate of drug-likeness (QED) is 0.711. The van der Waals surface area contributed by atoms with Crippen molar-refractivity contribution in [3.05, 3.63) is 0 Å². The third kappa shape index (κ3) is 5.83. The minimum absolute atomic E-state index is 0.0584. The maximum Gasteiger partial charge on any atom is 0.0707 e. The van der Waals surface area contributed by atoms with Crippen molar-refractivity contribution in [2.24, 2.45) is 11.7 Å². The molecule has 0 aromatic heterocycles. The highest BCUT2D eigenvalue weighted by Gasteiger charge is 2.23. The van der Waals surface area contributed by atoms with Gasteiger partial charge in [-0.25, -0.2) is 0 Å². The summed E-state index contributed by atoms with van der Waals surface area (Å²) < 4.78 is 11.1. The second-order valence-electron chi connectivity index (χ2n) is 5.72. The molecule has 0 bridgehead atoms. The Kier molecular flexibility index (Phi) is 5.73. The van der Waals surface area contributed by atoms with E-state index >= 15 is 0 Å². The summed E-state index contributed by atoms with van der Waals surface area (Å²) in [5.74, 6) is 0.684. The molecule has 2 unspecified atom stereocenters. The molecule has 0 aromatic rings. The van der Waals surface area contributed by atoms with Crippen molar-refractivity contribution in [1.82, 2.24) is 0 Å². The Morgan fingerprint density at radius 3 is 2.44 bits per heavy atom. The molecule has 96 valence electrons. The van der Waals surface area contributed by atoms with E-state index in [1.54, 1.807) is 0 Å². The van der Waals surface area contributed by atoms with Crippen LogP contribution in [0.15, 0.2) is 0 Å². The van der Waals surface area contributed by atoms with E-state index in [2.05, 4.69) is 20.8 Å². The summed E-state index contributed by atoms with van der Waals surface area (Å²) >= 11 is 0. The van der Waals surface area contributed by atoms with Gasteiger partial charge >= 0.3 is 0 Å². The van der Waals surface area contributed by atoms with Crippen LogP contribution in [0, 0.1) is 5.92 Å². The molecule has 0 saturated heterocycles. The lowest BCUT2D eigenvalue weighted by Crippen LogP contribution is -2.26. The standard InChI is InChI=1S/C13H27NO2/c1-13(2,3)16-10-9-15-8-7-11-5-4-6-12(11)14/h11-12H,4-10,14H2,1-3H3. The summed E-state index contributed by atoms with van der Waals surface area (Å²) in [7, 11) is 0. The highest BCUT2D eigenvalue weighted by atomic mass is 16.5. The molecule has 1 fully saturated rings. The molecule has 0 amide bonds. The molecule has 0 aromatic carbocycles. The predicted molar refractivity (Wildman–Crippen MR) is 66.5 cm³/mol. The SMILES string of the molecule is CC(C)(C)OCCOCCC1CCCC1N. The first-order valence-corrected chi connectivity index (χ1v) is 6.46.